The van der Waals surface area contributed by atoms with E-state index in [0.29, 0.717) is 12.5 Å². The highest BCUT2D eigenvalue weighted by molar-refractivity contribution is 5.78. The topological polar surface area (TPSA) is 50.4 Å². The number of hydrogen-bond donors (Lipinski definition) is 2. The second kappa shape index (κ2) is 4.37. The van der Waals surface area contributed by atoms with E-state index in [1.807, 2.05) is 6.07 Å². The van der Waals surface area contributed by atoms with Crippen molar-refractivity contribution < 1.29 is 9.53 Å². The van der Waals surface area contributed by atoms with Gasteiger partial charge < -0.3 is 15.4 Å². The smallest absolute Gasteiger partial charge is 0.246 e. The van der Waals surface area contributed by atoms with Crippen molar-refractivity contribution in [3.05, 3.63) is 29.8 Å². The third-order valence-corrected chi connectivity index (χ3v) is 3.43. The summed E-state index contributed by atoms with van der Waals surface area (Å²) in [6.45, 7) is 1.78. The van der Waals surface area contributed by atoms with Crippen molar-refractivity contribution in [2.45, 2.75) is 18.4 Å². The Morgan fingerprint density at radius 3 is 3.12 bits per heavy atom. The summed E-state index contributed by atoms with van der Waals surface area (Å²) in [7, 11) is 0. The normalized spacial score (nSPS) is 27.2. The fourth-order valence-corrected chi connectivity index (χ4v) is 2.64. The molecule has 3 rings (SSSR count). The molecule has 17 heavy (non-hydrogen) atoms. The van der Waals surface area contributed by atoms with Crippen LogP contribution in [0.2, 0.25) is 0 Å². The third-order valence-electron chi connectivity index (χ3n) is 3.43. The van der Waals surface area contributed by atoms with Crippen LogP contribution in [-0.2, 0) is 9.53 Å². The minimum atomic E-state index is 0.000455. The molecule has 2 unspecified atom stereocenters. The van der Waals surface area contributed by atoms with Gasteiger partial charge in [0.1, 0.15) is 6.61 Å². The number of benzene rings is 1. The first-order valence-electron chi connectivity index (χ1n) is 6.03. The molecule has 1 aromatic carbocycles. The van der Waals surface area contributed by atoms with Crippen LogP contribution in [0.25, 0.3) is 0 Å². The maximum absolute atomic E-state index is 11.2. The van der Waals surface area contributed by atoms with Crippen LogP contribution in [0.3, 0.4) is 0 Å². The fourth-order valence-electron chi connectivity index (χ4n) is 2.64. The van der Waals surface area contributed by atoms with E-state index in [-0.39, 0.29) is 18.6 Å². The zero-order valence-electron chi connectivity index (χ0n) is 9.61. The van der Waals surface area contributed by atoms with Crippen LogP contribution < -0.4 is 10.6 Å². The van der Waals surface area contributed by atoms with Crippen molar-refractivity contribution in [3.8, 4) is 0 Å². The van der Waals surface area contributed by atoms with Crippen molar-refractivity contribution in [3.63, 3.8) is 0 Å². The van der Waals surface area contributed by atoms with Gasteiger partial charge in [-0.15, -0.1) is 0 Å². The Labute approximate surface area is 100 Å². The lowest BCUT2D eigenvalue weighted by Crippen LogP contribution is -2.46. The van der Waals surface area contributed by atoms with Crippen molar-refractivity contribution >= 4 is 11.6 Å². The minimum absolute atomic E-state index is 0.000455. The van der Waals surface area contributed by atoms with Crippen LogP contribution in [0.4, 0.5) is 5.69 Å². The third kappa shape index (κ3) is 2.13. The highest BCUT2D eigenvalue weighted by atomic mass is 16.5. The van der Waals surface area contributed by atoms with E-state index in [0.717, 1.165) is 13.0 Å². The summed E-state index contributed by atoms with van der Waals surface area (Å²) in [6.07, 6.45) is 0.940. The quantitative estimate of drug-likeness (QED) is 0.803. The number of hydrogen-bond acceptors (Lipinski definition) is 3. The molecule has 2 atom stereocenters. The largest absolute Gasteiger partial charge is 0.384 e. The molecule has 2 heterocycles. The van der Waals surface area contributed by atoms with Crippen LogP contribution in [0.15, 0.2) is 24.3 Å². The van der Waals surface area contributed by atoms with Gasteiger partial charge in [0.2, 0.25) is 5.91 Å². The molecule has 1 amide bonds. The number of para-hydroxylation sites is 1. The number of nitrogens with one attached hydrogen (secondary N) is 2. The molecule has 4 nitrogen and oxygen atoms in total. The average Bonchev–Trinajstić information content (AvgIpc) is 2.73. The molecule has 0 spiro atoms. The standard InChI is InChI=1S/C13H16N2O2/c16-13-8-17-7-10(15-13)5-9-6-14-12-4-2-1-3-11(9)12/h1-4,9-10,14H,5-8H2,(H,15,16). The second-order valence-corrected chi connectivity index (χ2v) is 4.68. The van der Waals surface area contributed by atoms with Crippen LogP contribution >= 0.6 is 0 Å². The van der Waals surface area contributed by atoms with Crippen molar-refractivity contribution in [1.29, 1.82) is 0 Å². The number of carbonyl (C=O) groups excluding carboxylic acids is 1. The number of fused-ring (bicyclic) bond motifs is 1. The van der Waals surface area contributed by atoms with Gasteiger partial charge in [-0.1, -0.05) is 18.2 Å². The molecule has 0 saturated carbocycles. The van der Waals surface area contributed by atoms with E-state index in [1.165, 1.54) is 11.3 Å². The Bertz CT molecular complexity index is 433. The molecule has 90 valence electrons. The lowest BCUT2D eigenvalue weighted by atomic mass is 9.94. The summed E-state index contributed by atoms with van der Waals surface area (Å²) in [5.41, 5.74) is 2.58. The van der Waals surface area contributed by atoms with Gasteiger partial charge in [-0.05, 0) is 18.1 Å². The van der Waals surface area contributed by atoms with E-state index in [2.05, 4.69) is 28.8 Å². The minimum Gasteiger partial charge on any atom is -0.384 e. The summed E-state index contributed by atoms with van der Waals surface area (Å²) in [4.78, 5) is 11.2. The van der Waals surface area contributed by atoms with E-state index in [9.17, 15) is 4.79 Å². The summed E-state index contributed by atoms with van der Waals surface area (Å²) in [5, 5.41) is 6.38. The molecule has 0 radical (unpaired) electrons. The zero-order chi connectivity index (χ0) is 11.7. The first kappa shape index (κ1) is 10.6. The van der Waals surface area contributed by atoms with Gasteiger partial charge >= 0.3 is 0 Å². The van der Waals surface area contributed by atoms with Gasteiger partial charge in [0.25, 0.3) is 0 Å². The van der Waals surface area contributed by atoms with Gasteiger partial charge in [-0.25, -0.2) is 0 Å². The molecule has 2 aliphatic heterocycles. The average molecular weight is 232 g/mol. The highest BCUT2D eigenvalue weighted by Crippen LogP contribution is 2.34. The van der Waals surface area contributed by atoms with E-state index < -0.39 is 0 Å². The van der Waals surface area contributed by atoms with Gasteiger partial charge in [0.05, 0.1) is 12.6 Å². The molecule has 0 aromatic heterocycles. The van der Waals surface area contributed by atoms with E-state index >= 15 is 0 Å². The van der Waals surface area contributed by atoms with Crippen molar-refractivity contribution in [1.82, 2.24) is 5.32 Å². The molecule has 0 aliphatic carbocycles. The maximum atomic E-state index is 11.2. The first-order chi connectivity index (χ1) is 8.33. The molecule has 2 N–H and O–H groups in total. The number of anilines is 1. The molecular formula is C13H16N2O2. The van der Waals surface area contributed by atoms with Gasteiger partial charge in [-0.2, -0.15) is 0 Å². The SMILES string of the molecule is O=C1COCC(CC2CNc3ccccc32)N1. The van der Waals surface area contributed by atoms with Crippen molar-refractivity contribution in [2.75, 3.05) is 25.1 Å². The Hall–Kier alpha value is -1.55. The molecule has 1 aromatic rings. The molecular weight excluding hydrogens is 216 g/mol. The first-order valence-corrected chi connectivity index (χ1v) is 6.03. The second-order valence-electron chi connectivity index (χ2n) is 4.68. The predicted octanol–water partition coefficient (Wildman–Crippen LogP) is 1.10. The summed E-state index contributed by atoms with van der Waals surface area (Å²) < 4.78 is 5.26. The predicted molar refractivity (Wildman–Crippen MR) is 65.0 cm³/mol. The van der Waals surface area contributed by atoms with Gasteiger partial charge in [-0.3, -0.25) is 4.79 Å². The van der Waals surface area contributed by atoms with Gasteiger partial charge in [0.15, 0.2) is 0 Å². The lowest BCUT2D eigenvalue weighted by molar-refractivity contribution is -0.131. The van der Waals surface area contributed by atoms with Crippen molar-refractivity contribution in [2.24, 2.45) is 0 Å². The number of carbonyl (C=O) groups is 1. The molecule has 4 heteroatoms. The lowest BCUT2D eigenvalue weighted by Gasteiger charge is -2.25. The Balaban J connectivity index is 1.69. The zero-order valence-corrected chi connectivity index (χ0v) is 9.61. The van der Waals surface area contributed by atoms with E-state index in [1.54, 1.807) is 0 Å². The number of morpholine rings is 1. The monoisotopic (exact) mass is 232 g/mol. The van der Waals surface area contributed by atoms with E-state index in [4.69, 9.17) is 4.74 Å². The number of amides is 1. The fraction of sp³-hybridized carbons (Fsp3) is 0.462. The Kier molecular flexibility index (Phi) is 2.73. The van der Waals surface area contributed by atoms with Gasteiger partial charge in [0, 0.05) is 18.2 Å². The van der Waals surface area contributed by atoms with Crippen LogP contribution in [-0.4, -0.2) is 31.7 Å². The summed E-state index contributed by atoms with van der Waals surface area (Å²) >= 11 is 0. The highest BCUT2D eigenvalue weighted by Gasteiger charge is 2.27. The number of ether oxygens (including phenoxy) is 1. The summed E-state index contributed by atoms with van der Waals surface area (Å²) in [5.74, 6) is 0.471. The van der Waals surface area contributed by atoms with Crippen LogP contribution in [0.1, 0.15) is 17.9 Å². The van der Waals surface area contributed by atoms with Crippen LogP contribution in [0.5, 0.6) is 0 Å². The molecule has 2 aliphatic rings. The summed E-state index contributed by atoms with van der Waals surface area (Å²) in [6, 6.07) is 8.51. The molecule has 0 bridgehead atoms. The molecule has 1 saturated heterocycles. The molecule has 1 fully saturated rings. The number of rotatable bonds is 2. The Morgan fingerprint density at radius 1 is 1.35 bits per heavy atom. The Morgan fingerprint density at radius 2 is 2.24 bits per heavy atom. The maximum Gasteiger partial charge on any atom is 0.246 e. The van der Waals surface area contributed by atoms with Crippen LogP contribution in [0, 0.1) is 0 Å².